The van der Waals surface area contributed by atoms with Crippen molar-refractivity contribution < 1.29 is 4.79 Å². The molecule has 0 radical (unpaired) electrons. The Labute approximate surface area is 173 Å². The predicted octanol–water partition coefficient (Wildman–Crippen LogP) is 4.17. The molecule has 5 aromatic rings. The number of carbonyl (C=O) groups excluding carboxylic acids is 1. The molecule has 0 fully saturated rings. The average Bonchev–Trinajstić information content (AvgIpc) is 3.32. The zero-order valence-corrected chi connectivity index (χ0v) is 16.9. The molecule has 0 aliphatic heterocycles. The molecule has 0 aliphatic rings. The number of hydrogen-bond donors (Lipinski definition) is 0. The third kappa shape index (κ3) is 3.16. The number of nitrogens with zero attached hydrogens (tertiary/aromatic N) is 5. The Morgan fingerprint density at radius 3 is 2.70 bits per heavy atom. The molecule has 5 rings (SSSR count). The first kappa shape index (κ1) is 18.2. The Balaban J connectivity index is 1.50. The van der Waals surface area contributed by atoms with Gasteiger partial charge in [0.1, 0.15) is 11.3 Å². The van der Waals surface area contributed by atoms with Crippen molar-refractivity contribution in [3.63, 3.8) is 0 Å². The van der Waals surface area contributed by atoms with Gasteiger partial charge in [-0.25, -0.2) is 4.98 Å². The minimum Gasteiger partial charge on any atom is -0.297 e. The number of aromatic nitrogens is 5. The molecule has 0 saturated heterocycles. The molecule has 4 aromatic heterocycles. The van der Waals surface area contributed by atoms with Crippen LogP contribution in [0.1, 0.15) is 33.0 Å². The van der Waals surface area contributed by atoms with Gasteiger partial charge in [0.2, 0.25) is 0 Å². The summed E-state index contributed by atoms with van der Waals surface area (Å²) in [5.74, 6) is 0.0380. The van der Waals surface area contributed by atoms with Crippen LogP contribution in [-0.4, -0.2) is 29.9 Å². The van der Waals surface area contributed by atoms with Gasteiger partial charge in [0.25, 0.3) is 0 Å². The van der Waals surface area contributed by atoms with Crippen molar-refractivity contribution in [2.75, 3.05) is 0 Å². The molecular formula is C24H21N5O. The van der Waals surface area contributed by atoms with Gasteiger partial charge >= 0.3 is 0 Å². The van der Waals surface area contributed by atoms with Crippen molar-refractivity contribution >= 4 is 22.3 Å². The van der Waals surface area contributed by atoms with E-state index in [4.69, 9.17) is 5.10 Å². The minimum absolute atomic E-state index is 0.0380. The van der Waals surface area contributed by atoms with Gasteiger partial charge in [-0.15, -0.1) is 0 Å². The number of hydrogen-bond acceptors (Lipinski definition) is 4. The van der Waals surface area contributed by atoms with Crippen LogP contribution in [0.2, 0.25) is 0 Å². The zero-order chi connectivity index (χ0) is 20.7. The molecule has 30 heavy (non-hydrogen) atoms. The molecule has 4 heterocycles. The molecule has 148 valence electrons. The summed E-state index contributed by atoms with van der Waals surface area (Å²) in [5, 5.41) is 5.79. The topological polar surface area (TPSA) is 65.1 Å². The van der Waals surface area contributed by atoms with Crippen LogP contribution in [0.15, 0.2) is 67.1 Å². The third-order valence-corrected chi connectivity index (χ3v) is 5.40. The number of Topliss-reactive ketones (excluding diaryl/α,β-unsaturated/α-hetero) is 1. The summed E-state index contributed by atoms with van der Waals surface area (Å²) < 4.78 is 3.82. The van der Waals surface area contributed by atoms with Crippen LogP contribution in [0, 0.1) is 13.8 Å². The molecule has 6 nitrogen and oxygen atoms in total. The van der Waals surface area contributed by atoms with E-state index in [1.54, 1.807) is 6.20 Å². The quantitative estimate of drug-likeness (QED) is 0.419. The van der Waals surface area contributed by atoms with Crippen molar-refractivity contribution in [1.82, 2.24) is 24.1 Å². The maximum atomic E-state index is 13.1. The molecule has 0 bridgehead atoms. The first-order valence-electron chi connectivity index (χ1n) is 9.92. The Hall–Kier alpha value is -3.80. The summed E-state index contributed by atoms with van der Waals surface area (Å²) in [5.41, 5.74) is 6.39. The van der Waals surface area contributed by atoms with Crippen LogP contribution in [-0.2, 0) is 13.0 Å². The molecular weight excluding hydrogens is 374 g/mol. The maximum absolute atomic E-state index is 13.1. The van der Waals surface area contributed by atoms with Crippen molar-refractivity contribution in [2.45, 2.75) is 26.8 Å². The van der Waals surface area contributed by atoms with Crippen LogP contribution in [0.3, 0.4) is 0 Å². The fourth-order valence-electron chi connectivity index (χ4n) is 3.94. The maximum Gasteiger partial charge on any atom is 0.185 e. The van der Waals surface area contributed by atoms with Crippen LogP contribution < -0.4 is 0 Å². The van der Waals surface area contributed by atoms with Crippen LogP contribution in [0.5, 0.6) is 0 Å². The van der Waals surface area contributed by atoms with E-state index in [9.17, 15) is 4.79 Å². The molecule has 0 amide bonds. The molecule has 0 unspecified atom stereocenters. The predicted molar refractivity (Wildman–Crippen MR) is 116 cm³/mol. The standard InChI is InChI=1S/C24H21N5O/c1-16-9-10-18(13-25-16)15-29-20-7-5-6-19(24(20)17(2)27-29)12-22(30)21-14-26-23-8-3-4-11-28(21)23/h3-11,13-14H,12,15H2,1-2H3. The van der Waals surface area contributed by atoms with Crippen molar-refractivity contribution in [1.29, 1.82) is 0 Å². The third-order valence-electron chi connectivity index (χ3n) is 5.40. The number of rotatable bonds is 5. The van der Waals surface area contributed by atoms with Crippen LogP contribution in [0.25, 0.3) is 16.6 Å². The summed E-state index contributed by atoms with van der Waals surface area (Å²) in [6, 6.07) is 15.8. The monoisotopic (exact) mass is 395 g/mol. The highest BCUT2D eigenvalue weighted by molar-refractivity contribution is 5.99. The number of pyridine rings is 2. The lowest BCUT2D eigenvalue weighted by Gasteiger charge is -2.06. The van der Waals surface area contributed by atoms with Gasteiger partial charge in [0.05, 0.1) is 24.0 Å². The van der Waals surface area contributed by atoms with Crippen LogP contribution in [0.4, 0.5) is 0 Å². The van der Waals surface area contributed by atoms with E-state index in [0.29, 0.717) is 18.7 Å². The Morgan fingerprint density at radius 1 is 0.967 bits per heavy atom. The second kappa shape index (κ2) is 7.22. The summed E-state index contributed by atoms with van der Waals surface area (Å²) in [6.07, 6.45) is 5.71. The van der Waals surface area contributed by atoms with Crippen molar-refractivity contribution in [2.24, 2.45) is 0 Å². The largest absolute Gasteiger partial charge is 0.297 e. The highest BCUT2D eigenvalue weighted by Gasteiger charge is 2.17. The minimum atomic E-state index is 0.0380. The first-order valence-corrected chi connectivity index (χ1v) is 9.92. The average molecular weight is 395 g/mol. The van der Waals surface area contributed by atoms with Gasteiger partial charge in [-0.3, -0.25) is 18.9 Å². The smallest absolute Gasteiger partial charge is 0.185 e. The van der Waals surface area contributed by atoms with E-state index in [1.165, 1.54) is 0 Å². The zero-order valence-electron chi connectivity index (χ0n) is 16.9. The van der Waals surface area contributed by atoms with E-state index < -0.39 is 0 Å². The number of carbonyl (C=O) groups is 1. The van der Waals surface area contributed by atoms with E-state index in [2.05, 4.69) is 22.1 Å². The second-order valence-corrected chi connectivity index (χ2v) is 7.53. The summed E-state index contributed by atoms with van der Waals surface area (Å²) in [4.78, 5) is 21.8. The Bertz CT molecular complexity index is 1380. The van der Waals surface area contributed by atoms with E-state index in [-0.39, 0.29) is 5.78 Å². The van der Waals surface area contributed by atoms with Crippen molar-refractivity contribution in [3.8, 4) is 0 Å². The van der Waals surface area contributed by atoms with E-state index in [1.807, 2.05) is 71.7 Å². The van der Waals surface area contributed by atoms with Gasteiger partial charge < -0.3 is 0 Å². The van der Waals surface area contributed by atoms with Gasteiger partial charge in [-0.2, -0.15) is 5.10 Å². The second-order valence-electron chi connectivity index (χ2n) is 7.53. The molecule has 1 aromatic carbocycles. The van der Waals surface area contributed by atoms with Gasteiger partial charge in [-0.05, 0) is 49.2 Å². The molecule has 0 N–H and O–H groups in total. The highest BCUT2D eigenvalue weighted by atomic mass is 16.1. The van der Waals surface area contributed by atoms with E-state index >= 15 is 0 Å². The van der Waals surface area contributed by atoms with Gasteiger partial charge in [0.15, 0.2) is 5.78 Å². The number of ketones is 1. The fourth-order valence-corrected chi connectivity index (χ4v) is 3.94. The molecule has 0 spiro atoms. The normalized spacial score (nSPS) is 11.4. The number of aryl methyl sites for hydroxylation is 2. The molecule has 0 atom stereocenters. The van der Waals surface area contributed by atoms with E-state index in [0.717, 1.165) is 39.1 Å². The number of imidazole rings is 1. The summed E-state index contributed by atoms with van der Waals surface area (Å²) in [7, 11) is 0. The summed E-state index contributed by atoms with van der Waals surface area (Å²) in [6.45, 7) is 4.61. The lowest BCUT2D eigenvalue weighted by Crippen LogP contribution is -2.07. The Kier molecular flexibility index (Phi) is 4.39. The number of benzene rings is 1. The van der Waals surface area contributed by atoms with Gasteiger partial charge in [-0.1, -0.05) is 24.3 Å². The molecule has 0 aliphatic carbocycles. The molecule has 6 heteroatoms. The number of fused-ring (bicyclic) bond motifs is 2. The SMILES string of the molecule is Cc1ccc(Cn2nc(C)c3c(CC(=O)c4cnc5ccccn45)cccc32)cn1. The fraction of sp³-hybridized carbons (Fsp3) is 0.167. The lowest BCUT2D eigenvalue weighted by atomic mass is 10.0. The summed E-state index contributed by atoms with van der Waals surface area (Å²) >= 11 is 0. The van der Waals surface area contributed by atoms with Gasteiger partial charge in [0, 0.05) is 29.9 Å². The van der Waals surface area contributed by atoms with Crippen LogP contribution >= 0.6 is 0 Å². The first-order chi connectivity index (χ1) is 14.6. The lowest BCUT2D eigenvalue weighted by molar-refractivity contribution is 0.0987. The highest BCUT2D eigenvalue weighted by Crippen LogP contribution is 2.25. The van der Waals surface area contributed by atoms with Crippen molar-refractivity contribution in [3.05, 3.63) is 95.3 Å². The Morgan fingerprint density at radius 2 is 1.87 bits per heavy atom. The molecule has 0 saturated carbocycles.